The molecule has 14 heteroatoms. The Bertz CT molecular complexity index is 939. The van der Waals surface area contributed by atoms with Crippen molar-refractivity contribution in [3.63, 3.8) is 0 Å². The van der Waals surface area contributed by atoms with Crippen LogP contribution in [0.2, 0.25) is 0 Å². The van der Waals surface area contributed by atoms with E-state index in [2.05, 4.69) is 15.4 Å². The molecule has 1 heterocycles. The van der Waals surface area contributed by atoms with Crippen LogP contribution in [0.15, 0.2) is 0 Å². The van der Waals surface area contributed by atoms with Crippen LogP contribution in [0.5, 0.6) is 0 Å². The molecule has 1 aliphatic carbocycles. The van der Waals surface area contributed by atoms with Crippen LogP contribution in [0.3, 0.4) is 0 Å². The highest BCUT2D eigenvalue weighted by Gasteiger charge is 2.79. The van der Waals surface area contributed by atoms with E-state index in [1.54, 1.807) is 20.8 Å². The Hall–Kier alpha value is -2.90. The van der Waals surface area contributed by atoms with Crippen LogP contribution >= 0.6 is 0 Å². The molecule has 0 spiro atoms. The number of sulfone groups is 1. The van der Waals surface area contributed by atoms with Crippen molar-refractivity contribution in [2.75, 3.05) is 19.5 Å². The van der Waals surface area contributed by atoms with E-state index < -0.39 is 86.4 Å². The van der Waals surface area contributed by atoms with E-state index >= 15 is 0 Å². The number of aliphatic carboxylic acids is 1. The van der Waals surface area contributed by atoms with Crippen LogP contribution in [-0.2, 0) is 43.2 Å². The van der Waals surface area contributed by atoms with Gasteiger partial charge in [-0.15, -0.1) is 0 Å². The van der Waals surface area contributed by atoms with Gasteiger partial charge in [-0.25, -0.2) is 18.0 Å². The van der Waals surface area contributed by atoms with Crippen molar-refractivity contribution in [1.29, 1.82) is 0 Å². The van der Waals surface area contributed by atoms with Crippen molar-refractivity contribution in [1.82, 2.24) is 10.6 Å². The number of hydrogen-bond acceptors (Lipinski definition) is 10. The number of nitrogens with one attached hydrogen (secondary N) is 2. The molecule has 1 aliphatic heterocycles. The van der Waals surface area contributed by atoms with Gasteiger partial charge in [0.15, 0.2) is 15.4 Å². The molecular weight excluding hydrogens is 452 g/mol. The number of hydrogen-bond donors (Lipinski definition) is 3. The lowest BCUT2D eigenvalue weighted by Gasteiger charge is -2.30. The van der Waals surface area contributed by atoms with E-state index in [1.165, 1.54) is 0 Å². The molecule has 2 amide bonds. The average Bonchev–Trinajstić information content (AvgIpc) is 3.34. The van der Waals surface area contributed by atoms with Crippen LogP contribution in [-0.4, -0.2) is 85.3 Å². The summed E-state index contributed by atoms with van der Waals surface area (Å²) in [5.74, 6) is -7.94. The molecule has 2 fully saturated rings. The number of carboxylic acid groups (broad SMARTS) is 1. The fraction of sp³-hybridized carbons (Fsp3) is 0.722. The number of carbonyl (C=O) groups is 5. The number of methoxy groups -OCH3 is 1. The van der Waals surface area contributed by atoms with E-state index in [0.717, 1.165) is 14.0 Å². The summed E-state index contributed by atoms with van der Waals surface area (Å²) in [6, 6.07) is -1.60. The molecule has 180 valence electrons. The molecule has 1 saturated carbocycles. The van der Waals surface area contributed by atoms with Gasteiger partial charge < -0.3 is 30.0 Å². The summed E-state index contributed by atoms with van der Waals surface area (Å²) in [7, 11) is -3.01. The zero-order valence-electron chi connectivity index (χ0n) is 18.2. The SMILES string of the molecule is COC(=O)[C@@H]1[C@@H]2[C@H]1S(=O)(=O)C[C@@]2(NC(=O)[C@H](COC(C)=O)NC(=O)OC(C)(C)C)C(=O)O. The Morgan fingerprint density at radius 1 is 1.19 bits per heavy atom. The first-order valence-electron chi connectivity index (χ1n) is 9.53. The third kappa shape index (κ3) is 5.11. The molecular formula is C18H26N2O11S. The van der Waals surface area contributed by atoms with Gasteiger partial charge in [0.05, 0.1) is 24.0 Å². The summed E-state index contributed by atoms with van der Waals surface area (Å²) in [4.78, 5) is 60.2. The first kappa shape index (κ1) is 25.4. The molecule has 0 aromatic carbocycles. The Kier molecular flexibility index (Phi) is 6.78. The van der Waals surface area contributed by atoms with Gasteiger partial charge in [0.2, 0.25) is 5.91 Å². The summed E-state index contributed by atoms with van der Waals surface area (Å²) in [6.07, 6.45) is -1.05. The molecule has 1 saturated heterocycles. The Morgan fingerprint density at radius 2 is 1.78 bits per heavy atom. The molecule has 3 N–H and O–H groups in total. The molecule has 0 unspecified atom stereocenters. The largest absolute Gasteiger partial charge is 0.479 e. The number of carboxylic acids is 1. The van der Waals surface area contributed by atoms with Gasteiger partial charge in [0.1, 0.15) is 18.2 Å². The monoisotopic (exact) mass is 478 g/mol. The van der Waals surface area contributed by atoms with Crippen LogP contribution in [0.1, 0.15) is 27.7 Å². The summed E-state index contributed by atoms with van der Waals surface area (Å²) in [6.45, 7) is 5.09. The number of fused-ring (bicyclic) bond motifs is 1. The molecule has 13 nitrogen and oxygen atoms in total. The molecule has 0 aromatic heterocycles. The number of rotatable bonds is 7. The highest BCUT2D eigenvalue weighted by molar-refractivity contribution is 7.92. The maximum absolute atomic E-state index is 12.9. The van der Waals surface area contributed by atoms with E-state index in [0.29, 0.717) is 0 Å². The predicted molar refractivity (Wildman–Crippen MR) is 105 cm³/mol. The lowest BCUT2D eigenvalue weighted by atomic mass is 9.93. The topological polar surface area (TPSA) is 191 Å². The zero-order chi connectivity index (χ0) is 24.6. The van der Waals surface area contributed by atoms with Crippen LogP contribution in [0.4, 0.5) is 4.79 Å². The van der Waals surface area contributed by atoms with Crippen LogP contribution in [0.25, 0.3) is 0 Å². The Balaban J connectivity index is 2.30. The van der Waals surface area contributed by atoms with Crippen molar-refractivity contribution in [3.8, 4) is 0 Å². The van der Waals surface area contributed by atoms with Gasteiger partial charge in [-0.3, -0.25) is 14.4 Å². The molecule has 0 aromatic rings. The standard InChI is InChI=1S/C18H26N2O11S/c1-8(21)30-6-9(19-16(26)31-17(2,3)4)13(22)20-18(15(24)25)7-32(27,28)12-10(11(12)18)14(23)29-5/h9-12H,6-7H2,1-5H3,(H,19,26)(H,20,22)(H,24,25)/t9-,10+,11+,12-,18-/m0/s1. The first-order chi connectivity index (χ1) is 14.6. The van der Waals surface area contributed by atoms with E-state index in [-0.39, 0.29) is 0 Å². The van der Waals surface area contributed by atoms with Crippen molar-refractivity contribution < 1.29 is 51.7 Å². The average molecular weight is 478 g/mol. The maximum atomic E-state index is 12.9. The number of amides is 2. The molecule has 32 heavy (non-hydrogen) atoms. The van der Waals surface area contributed by atoms with Crippen molar-refractivity contribution in [2.45, 2.75) is 50.1 Å². The van der Waals surface area contributed by atoms with Crippen LogP contribution < -0.4 is 10.6 Å². The summed E-state index contributed by atoms with van der Waals surface area (Å²) in [5, 5.41) is 12.8. The fourth-order valence-corrected chi connectivity index (χ4v) is 6.46. The smallest absolute Gasteiger partial charge is 0.408 e. The first-order valence-corrected chi connectivity index (χ1v) is 11.2. The third-order valence-electron chi connectivity index (χ3n) is 5.03. The highest BCUT2D eigenvalue weighted by atomic mass is 32.2. The maximum Gasteiger partial charge on any atom is 0.408 e. The summed E-state index contributed by atoms with van der Waals surface area (Å²) in [5.41, 5.74) is -3.26. The van der Waals surface area contributed by atoms with Crippen LogP contribution in [0, 0.1) is 11.8 Å². The molecule has 0 radical (unpaired) electrons. The summed E-state index contributed by atoms with van der Waals surface area (Å²) < 4.78 is 39.3. The lowest BCUT2D eigenvalue weighted by Crippen LogP contribution is -2.63. The van der Waals surface area contributed by atoms with E-state index in [1.807, 2.05) is 0 Å². The van der Waals surface area contributed by atoms with Crippen molar-refractivity contribution in [3.05, 3.63) is 0 Å². The molecule has 2 aliphatic rings. The predicted octanol–water partition coefficient (Wildman–Crippen LogP) is -1.40. The minimum Gasteiger partial charge on any atom is -0.479 e. The highest BCUT2D eigenvalue weighted by Crippen LogP contribution is 2.58. The normalized spacial score (nSPS) is 28.5. The number of alkyl carbamates (subject to hydrolysis) is 1. The molecule has 0 bridgehead atoms. The van der Waals surface area contributed by atoms with Gasteiger partial charge in [-0.1, -0.05) is 0 Å². The third-order valence-corrected chi connectivity index (χ3v) is 7.30. The second kappa shape index (κ2) is 8.56. The minimum absolute atomic E-state index is 0.669. The Morgan fingerprint density at radius 3 is 2.25 bits per heavy atom. The Labute approximate surface area is 184 Å². The number of ether oxygens (including phenoxy) is 3. The molecule has 5 atom stereocenters. The summed E-state index contributed by atoms with van der Waals surface area (Å²) >= 11 is 0. The second-order valence-electron chi connectivity index (χ2n) is 8.61. The number of esters is 2. The van der Waals surface area contributed by atoms with Crippen molar-refractivity contribution in [2.24, 2.45) is 11.8 Å². The van der Waals surface area contributed by atoms with Crippen molar-refractivity contribution >= 4 is 39.7 Å². The minimum atomic E-state index is -4.05. The quantitative estimate of drug-likeness (QED) is 0.288. The zero-order valence-corrected chi connectivity index (χ0v) is 19.0. The fourth-order valence-electron chi connectivity index (χ4n) is 3.76. The van der Waals surface area contributed by atoms with E-state index in [9.17, 15) is 37.5 Å². The number of carbonyl (C=O) groups excluding carboxylic acids is 4. The lowest BCUT2D eigenvalue weighted by molar-refractivity contribution is -0.150. The van der Waals surface area contributed by atoms with Gasteiger partial charge in [-0.05, 0) is 20.8 Å². The van der Waals surface area contributed by atoms with Gasteiger partial charge >= 0.3 is 24.0 Å². The van der Waals surface area contributed by atoms with Gasteiger partial charge in [0, 0.05) is 12.8 Å². The van der Waals surface area contributed by atoms with Gasteiger partial charge in [-0.2, -0.15) is 0 Å². The molecule has 2 rings (SSSR count). The van der Waals surface area contributed by atoms with Gasteiger partial charge in [0.25, 0.3) is 0 Å². The second-order valence-corrected chi connectivity index (χ2v) is 10.8. The van der Waals surface area contributed by atoms with E-state index in [4.69, 9.17) is 9.47 Å².